The largest absolute Gasteiger partial charge is 0.497 e. The number of benzene rings is 1. The summed E-state index contributed by atoms with van der Waals surface area (Å²) in [6, 6.07) is 5.56. The maximum absolute atomic E-state index is 10.9. The van der Waals surface area contributed by atoms with Gasteiger partial charge in [0, 0.05) is 18.9 Å². The average molecular weight is 266 g/mol. The number of hydrogen-bond acceptors (Lipinski definition) is 4. The highest BCUT2D eigenvalue weighted by atomic mass is 16.5. The van der Waals surface area contributed by atoms with E-state index in [4.69, 9.17) is 14.2 Å². The third kappa shape index (κ3) is 3.01. The SMILES string of the molecule is CCC1CC(O)(c2cc(OC)cc(OC)c2)CCO1. The van der Waals surface area contributed by atoms with Crippen molar-refractivity contribution in [3.05, 3.63) is 23.8 Å². The van der Waals surface area contributed by atoms with Crippen molar-refractivity contribution >= 4 is 0 Å². The average Bonchev–Trinajstić information content (AvgIpc) is 2.46. The zero-order valence-electron chi connectivity index (χ0n) is 11.8. The maximum atomic E-state index is 10.9. The summed E-state index contributed by atoms with van der Waals surface area (Å²) in [5.74, 6) is 1.39. The molecule has 0 radical (unpaired) electrons. The molecule has 4 nitrogen and oxygen atoms in total. The highest BCUT2D eigenvalue weighted by Gasteiger charge is 2.36. The Morgan fingerprint density at radius 2 is 1.89 bits per heavy atom. The molecule has 0 bridgehead atoms. The number of hydrogen-bond donors (Lipinski definition) is 1. The number of aliphatic hydroxyl groups is 1. The van der Waals surface area contributed by atoms with Gasteiger partial charge in [-0.3, -0.25) is 0 Å². The van der Waals surface area contributed by atoms with Crippen molar-refractivity contribution in [2.24, 2.45) is 0 Å². The predicted octanol–water partition coefficient (Wildman–Crippen LogP) is 2.48. The lowest BCUT2D eigenvalue weighted by molar-refractivity contribution is -0.108. The maximum Gasteiger partial charge on any atom is 0.122 e. The van der Waals surface area contributed by atoms with Crippen LogP contribution >= 0.6 is 0 Å². The fraction of sp³-hybridized carbons (Fsp3) is 0.600. The van der Waals surface area contributed by atoms with Gasteiger partial charge in [0.25, 0.3) is 0 Å². The summed E-state index contributed by atoms with van der Waals surface area (Å²) in [7, 11) is 3.23. The van der Waals surface area contributed by atoms with Gasteiger partial charge in [-0.2, -0.15) is 0 Å². The number of ether oxygens (including phenoxy) is 3. The summed E-state index contributed by atoms with van der Waals surface area (Å²) < 4.78 is 16.2. The van der Waals surface area contributed by atoms with Crippen LogP contribution < -0.4 is 9.47 Å². The van der Waals surface area contributed by atoms with Gasteiger partial charge in [-0.05, 0) is 24.1 Å². The molecular formula is C15H22O4. The van der Waals surface area contributed by atoms with Crippen LogP contribution in [0.4, 0.5) is 0 Å². The second-order valence-corrected chi connectivity index (χ2v) is 4.99. The van der Waals surface area contributed by atoms with Crippen molar-refractivity contribution in [3.63, 3.8) is 0 Å². The van der Waals surface area contributed by atoms with E-state index in [1.54, 1.807) is 14.2 Å². The van der Waals surface area contributed by atoms with E-state index in [9.17, 15) is 5.11 Å². The van der Waals surface area contributed by atoms with E-state index in [0.717, 1.165) is 12.0 Å². The molecule has 1 N–H and O–H groups in total. The first-order valence-corrected chi connectivity index (χ1v) is 6.69. The highest BCUT2D eigenvalue weighted by molar-refractivity contribution is 5.41. The van der Waals surface area contributed by atoms with E-state index < -0.39 is 5.60 Å². The van der Waals surface area contributed by atoms with Crippen LogP contribution in [0, 0.1) is 0 Å². The molecule has 19 heavy (non-hydrogen) atoms. The summed E-state index contributed by atoms with van der Waals surface area (Å²) in [5, 5.41) is 10.9. The Bertz CT molecular complexity index is 410. The molecule has 0 aliphatic carbocycles. The third-order valence-corrected chi connectivity index (χ3v) is 3.78. The molecule has 1 fully saturated rings. The lowest BCUT2D eigenvalue weighted by Gasteiger charge is -2.37. The summed E-state index contributed by atoms with van der Waals surface area (Å²) in [6.45, 7) is 2.65. The van der Waals surface area contributed by atoms with Crippen LogP contribution in [0.5, 0.6) is 11.5 Å². The summed E-state index contributed by atoms with van der Waals surface area (Å²) >= 11 is 0. The van der Waals surface area contributed by atoms with E-state index in [-0.39, 0.29) is 6.10 Å². The zero-order valence-corrected chi connectivity index (χ0v) is 11.8. The zero-order chi connectivity index (χ0) is 13.9. The van der Waals surface area contributed by atoms with Crippen molar-refractivity contribution < 1.29 is 19.3 Å². The summed E-state index contributed by atoms with van der Waals surface area (Å²) in [4.78, 5) is 0. The van der Waals surface area contributed by atoms with Gasteiger partial charge in [-0.1, -0.05) is 6.92 Å². The highest BCUT2D eigenvalue weighted by Crippen LogP contribution is 2.38. The molecule has 2 unspecified atom stereocenters. The molecule has 1 saturated heterocycles. The lowest BCUT2D eigenvalue weighted by Crippen LogP contribution is -2.38. The third-order valence-electron chi connectivity index (χ3n) is 3.78. The fourth-order valence-electron chi connectivity index (χ4n) is 2.53. The normalized spacial score (nSPS) is 27.1. The van der Waals surface area contributed by atoms with Crippen LogP contribution in [0.25, 0.3) is 0 Å². The van der Waals surface area contributed by atoms with Gasteiger partial charge in [-0.25, -0.2) is 0 Å². The standard InChI is InChI=1S/C15H22O4/c1-4-12-10-15(16,5-6-19-12)11-7-13(17-2)9-14(8-11)18-3/h7-9,12,16H,4-6,10H2,1-3H3. The molecule has 0 saturated carbocycles. The van der Waals surface area contributed by atoms with Gasteiger partial charge < -0.3 is 19.3 Å². The Morgan fingerprint density at radius 3 is 2.42 bits per heavy atom. The van der Waals surface area contributed by atoms with Crippen molar-refractivity contribution in [3.8, 4) is 11.5 Å². The van der Waals surface area contributed by atoms with E-state index in [1.165, 1.54) is 0 Å². The molecule has 1 aliphatic rings. The topological polar surface area (TPSA) is 47.9 Å². The minimum atomic E-state index is -0.860. The number of rotatable bonds is 4. The van der Waals surface area contributed by atoms with Crippen LogP contribution in [-0.4, -0.2) is 32.0 Å². The van der Waals surface area contributed by atoms with Gasteiger partial charge in [0.2, 0.25) is 0 Å². The molecule has 106 valence electrons. The smallest absolute Gasteiger partial charge is 0.122 e. The number of methoxy groups -OCH3 is 2. The van der Waals surface area contributed by atoms with E-state index in [1.807, 2.05) is 18.2 Å². The van der Waals surface area contributed by atoms with Crippen LogP contribution in [-0.2, 0) is 10.3 Å². The molecule has 1 aliphatic heterocycles. The van der Waals surface area contributed by atoms with E-state index >= 15 is 0 Å². The second-order valence-electron chi connectivity index (χ2n) is 4.99. The molecule has 2 rings (SSSR count). The monoisotopic (exact) mass is 266 g/mol. The molecule has 1 aromatic carbocycles. The van der Waals surface area contributed by atoms with Crippen LogP contribution in [0.1, 0.15) is 31.7 Å². The Labute approximate surface area is 114 Å². The molecule has 4 heteroatoms. The minimum absolute atomic E-state index is 0.107. The Balaban J connectivity index is 2.33. The molecular weight excluding hydrogens is 244 g/mol. The predicted molar refractivity (Wildman–Crippen MR) is 72.7 cm³/mol. The van der Waals surface area contributed by atoms with Gasteiger partial charge >= 0.3 is 0 Å². The fourth-order valence-corrected chi connectivity index (χ4v) is 2.53. The van der Waals surface area contributed by atoms with Gasteiger partial charge in [0.15, 0.2) is 0 Å². The first kappa shape index (κ1) is 14.2. The quantitative estimate of drug-likeness (QED) is 0.909. The summed E-state index contributed by atoms with van der Waals surface area (Å²) in [5.41, 5.74) is -0.0220. The van der Waals surface area contributed by atoms with Gasteiger partial charge in [-0.15, -0.1) is 0 Å². The Kier molecular flexibility index (Phi) is 4.32. The molecule has 0 amide bonds. The minimum Gasteiger partial charge on any atom is -0.497 e. The van der Waals surface area contributed by atoms with Crippen molar-refractivity contribution in [1.82, 2.24) is 0 Å². The first-order valence-electron chi connectivity index (χ1n) is 6.69. The van der Waals surface area contributed by atoms with Gasteiger partial charge in [0.05, 0.1) is 32.5 Å². The molecule has 2 atom stereocenters. The van der Waals surface area contributed by atoms with E-state index in [2.05, 4.69) is 6.92 Å². The Morgan fingerprint density at radius 1 is 1.26 bits per heavy atom. The second kappa shape index (κ2) is 5.80. The van der Waals surface area contributed by atoms with Crippen LogP contribution in [0.2, 0.25) is 0 Å². The van der Waals surface area contributed by atoms with Crippen molar-refractivity contribution in [2.75, 3.05) is 20.8 Å². The summed E-state index contributed by atoms with van der Waals surface area (Å²) in [6.07, 6.45) is 2.22. The molecule has 0 aromatic heterocycles. The van der Waals surface area contributed by atoms with Crippen molar-refractivity contribution in [1.29, 1.82) is 0 Å². The van der Waals surface area contributed by atoms with E-state index in [0.29, 0.717) is 30.9 Å². The molecule has 0 spiro atoms. The van der Waals surface area contributed by atoms with Crippen LogP contribution in [0.15, 0.2) is 18.2 Å². The van der Waals surface area contributed by atoms with Crippen LogP contribution in [0.3, 0.4) is 0 Å². The van der Waals surface area contributed by atoms with Gasteiger partial charge in [0.1, 0.15) is 11.5 Å². The lowest BCUT2D eigenvalue weighted by atomic mass is 9.83. The molecule has 1 heterocycles. The first-order chi connectivity index (χ1) is 9.11. The Hall–Kier alpha value is -1.26. The van der Waals surface area contributed by atoms with Crippen molar-refractivity contribution in [2.45, 2.75) is 37.9 Å². The molecule has 1 aromatic rings.